The van der Waals surface area contributed by atoms with Crippen molar-refractivity contribution in [1.82, 2.24) is 0 Å². The quantitative estimate of drug-likeness (QED) is 0.0598. The first kappa shape index (κ1) is 50.3. The van der Waals surface area contributed by atoms with Crippen LogP contribution >= 0.6 is 0 Å². The molecule has 25 heteroatoms. The molecule has 1 amide bonds. The van der Waals surface area contributed by atoms with Crippen LogP contribution in [-0.2, 0) is 17.6 Å². The van der Waals surface area contributed by atoms with Gasteiger partial charge in [0.2, 0.25) is 0 Å². The van der Waals surface area contributed by atoms with Gasteiger partial charge in [-0.25, -0.2) is 9.59 Å². The number of carboxylic acid groups (broad SMARTS) is 2. The topological polar surface area (TPSA) is 173 Å². The number of halogens is 15. The van der Waals surface area contributed by atoms with Crippen molar-refractivity contribution < 1.29 is 105 Å². The van der Waals surface area contributed by atoms with Gasteiger partial charge in [0, 0.05) is 35.1 Å². The van der Waals surface area contributed by atoms with Crippen molar-refractivity contribution in [2.75, 3.05) is 17.7 Å². The Morgan fingerprint density at radius 2 is 0.906 bits per heavy atom. The lowest BCUT2D eigenvalue weighted by atomic mass is 9.86. The van der Waals surface area contributed by atoms with E-state index in [1.165, 1.54) is 0 Å². The number of alkyl halides is 15. The molecule has 0 fully saturated rings. The Bertz CT molecular complexity index is 2460. The third-order valence-electron chi connectivity index (χ3n) is 9.58. The lowest BCUT2D eigenvalue weighted by Crippen LogP contribution is -2.54. The van der Waals surface area contributed by atoms with Crippen LogP contribution in [0.1, 0.15) is 87.7 Å². The minimum absolute atomic E-state index is 0.0444. The zero-order valence-corrected chi connectivity index (χ0v) is 31.8. The van der Waals surface area contributed by atoms with Gasteiger partial charge < -0.3 is 31.1 Å². The fourth-order valence-electron chi connectivity index (χ4n) is 6.54. The SMILES string of the molecule is CNc1cc(Cc2cc(NC(=O)c3cc(C(c4ccc(C(=O)O)c(C(C)=O)c4)C(F)(F)F)ccc3C(=O)O)cc(C(O)(C(F)(F)F)C(F)(F)F)c2)cc(C(O)(C(F)(F)F)C(F)(F)F)c1. The molecule has 346 valence electrons. The summed E-state index contributed by atoms with van der Waals surface area (Å²) in [7, 11) is 0.958. The number of rotatable bonds is 12. The number of benzene rings is 4. The number of Topliss-reactive ketones (excluding diaryl/α,β-unsaturated/α-hetero) is 1. The number of aromatic carboxylic acids is 2. The summed E-state index contributed by atoms with van der Waals surface area (Å²) >= 11 is 0. The molecule has 0 aliphatic heterocycles. The third kappa shape index (κ3) is 9.58. The van der Waals surface area contributed by atoms with Gasteiger partial charge in [-0.3, -0.25) is 9.59 Å². The summed E-state index contributed by atoms with van der Waals surface area (Å²) in [6.45, 7) is 0.820. The number of carbonyl (C=O) groups excluding carboxylic acids is 2. The third-order valence-corrected chi connectivity index (χ3v) is 9.58. The predicted octanol–water partition coefficient (Wildman–Crippen LogP) is 9.49. The smallest absolute Gasteiger partial charge is 0.430 e. The van der Waals surface area contributed by atoms with E-state index in [-0.39, 0.29) is 30.3 Å². The molecule has 6 N–H and O–H groups in total. The molecule has 0 aliphatic rings. The van der Waals surface area contributed by atoms with Crippen molar-refractivity contribution >= 4 is 35.0 Å². The highest BCUT2D eigenvalue weighted by Gasteiger charge is 2.72. The van der Waals surface area contributed by atoms with Crippen molar-refractivity contribution in [3.63, 3.8) is 0 Å². The molecule has 0 bridgehead atoms. The highest BCUT2D eigenvalue weighted by atomic mass is 19.4. The number of ketones is 1. The first-order valence-electron chi connectivity index (χ1n) is 17.3. The van der Waals surface area contributed by atoms with Crippen molar-refractivity contribution in [2.24, 2.45) is 0 Å². The summed E-state index contributed by atoms with van der Waals surface area (Å²) < 4.78 is 212. The first-order chi connectivity index (χ1) is 29.0. The largest absolute Gasteiger partial charge is 0.478 e. The van der Waals surface area contributed by atoms with Gasteiger partial charge in [-0.2, -0.15) is 65.9 Å². The molecule has 4 rings (SSSR count). The monoisotopic (exact) mass is 936 g/mol. The maximum absolute atomic E-state index is 14.7. The van der Waals surface area contributed by atoms with Gasteiger partial charge in [0.05, 0.1) is 16.7 Å². The van der Waals surface area contributed by atoms with E-state index < -0.39 is 145 Å². The van der Waals surface area contributed by atoms with Gasteiger partial charge in [-0.15, -0.1) is 0 Å². The number of anilines is 2. The molecule has 0 saturated heterocycles. The Morgan fingerprint density at radius 1 is 0.531 bits per heavy atom. The molecular formula is C39H27F15N2O8. The minimum atomic E-state index is -6.66. The summed E-state index contributed by atoms with van der Waals surface area (Å²) in [6, 6.07) is 4.30. The highest BCUT2D eigenvalue weighted by molar-refractivity contribution is 6.11. The van der Waals surface area contributed by atoms with Crippen LogP contribution in [0.3, 0.4) is 0 Å². The average molecular weight is 937 g/mol. The van der Waals surface area contributed by atoms with Crippen LogP contribution in [0.25, 0.3) is 0 Å². The summed E-state index contributed by atoms with van der Waals surface area (Å²) in [5.74, 6) is -9.51. The summed E-state index contributed by atoms with van der Waals surface area (Å²) in [6.07, 6.45) is -32.9. The summed E-state index contributed by atoms with van der Waals surface area (Å²) in [5.41, 5.74) is -24.8. The average Bonchev–Trinajstić information content (AvgIpc) is 3.14. The number of hydrogen-bond acceptors (Lipinski definition) is 7. The van der Waals surface area contributed by atoms with Crippen molar-refractivity contribution in [1.29, 1.82) is 0 Å². The van der Waals surface area contributed by atoms with Crippen LogP contribution in [0.4, 0.5) is 77.2 Å². The molecule has 1 unspecified atom stereocenters. The molecule has 64 heavy (non-hydrogen) atoms. The maximum atomic E-state index is 14.7. The highest BCUT2D eigenvalue weighted by Crippen LogP contribution is 2.52. The van der Waals surface area contributed by atoms with Crippen LogP contribution < -0.4 is 10.6 Å². The Hall–Kier alpha value is -6.37. The predicted molar refractivity (Wildman–Crippen MR) is 190 cm³/mol. The lowest BCUT2D eigenvalue weighted by Gasteiger charge is -2.33. The fourth-order valence-corrected chi connectivity index (χ4v) is 6.54. The van der Waals surface area contributed by atoms with Crippen molar-refractivity contribution in [3.8, 4) is 0 Å². The van der Waals surface area contributed by atoms with Gasteiger partial charge in [-0.1, -0.05) is 24.3 Å². The summed E-state index contributed by atoms with van der Waals surface area (Å²) in [5, 5.41) is 43.3. The van der Waals surface area contributed by atoms with E-state index >= 15 is 0 Å². The van der Waals surface area contributed by atoms with E-state index in [9.17, 15) is 105 Å². The fraction of sp³-hybridized carbons (Fsp3) is 0.282. The molecule has 0 aromatic heterocycles. The molecule has 0 radical (unpaired) electrons. The molecule has 4 aromatic rings. The maximum Gasteiger partial charge on any atom is 0.430 e. The van der Waals surface area contributed by atoms with E-state index in [0.717, 1.165) is 20.0 Å². The van der Waals surface area contributed by atoms with E-state index in [1.54, 1.807) is 5.32 Å². The van der Waals surface area contributed by atoms with Crippen LogP contribution in [-0.4, -0.2) is 82.0 Å². The molecule has 10 nitrogen and oxygen atoms in total. The number of nitrogens with one attached hydrogen (secondary N) is 2. The van der Waals surface area contributed by atoms with E-state index in [4.69, 9.17) is 0 Å². The lowest BCUT2D eigenvalue weighted by molar-refractivity contribution is -0.376. The second-order valence-electron chi connectivity index (χ2n) is 13.9. The van der Waals surface area contributed by atoms with Gasteiger partial charge in [0.25, 0.3) is 17.1 Å². The normalized spacial score (nSPS) is 13.6. The molecule has 0 saturated carbocycles. The summed E-state index contributed by atoms with van der Waals surface area (Å²) in [4.78, 5) is 49.6. The van der Waals surface area contributed by atoms with Crippen LogP contribution in [0.15, 0.2) is 72.8 Å². The number of carboxylic acids is 2. The molecule has 0 heterocycles. The van der Waals surface area contributed by atoms with Crippen molar-refractivity contribution in [3.05, 3.63) is 128 Å². The van der Waals surface area contributed by atoms with E-state index in [2.05, 4.69) is 5.32 Å². The zero-order chi connectivity index (χ0) is 48.9. The Labute approximate surface area is 347 Å². The number of amides is 1. The molecule has 1 atom stereocenters. The minimum Gasteiger partial charge on any atom is -0.478 e. The Balaban J connectivity index is 1.97. The number of carbonyl (C=O) groups is 4. The standard InChI is InChI=1S/C39H27F15N2O8/c1-16(57)27-12-19(3-5-25(27)31(59)60)29(35(40,41)42)20-4-6-26(32(61)62)28(13-20)30(58)56-24-11-18(9-22(15-24)34(64,38(49,50)51)39(52,53)54)7-17-8-21(14-23(10-17)55-2)33(63,36(43,44)45)37(46,47)48/h3-6,8-15,29,55,63-64H,7H2,1-2H3,(H,56,58)(H,59,60)(H,61,62). The second kappa shape index (κ2) is 17.0. The second-order valence-corrected chi connectivity index (χ2v) is 13.9. The van der Waals surface area contributed by atoms with Crippen LogP contribution in [0.2, 0.25) is 0 Å². The molecule has 4 aromatic carbocycles. The first-order valence-corrected chi connectivity index (χ1v) is 17.3. The Kier molecular flexibility index (Phi) is 13.3. The van der Waals surface area contributed by atoms with Crippen LogP contribution in [0.5, 0.6) is 0 Å². The molecule has 0 spiro atoms. The number of aliphatic hydroxyl groups is 2. The van der Waals surface area contributed by atoms with Gasteiger partial charge in [-0.05, 0) is 84.1 Å². The zero-order valence-electron chi connectivity index (χ0n) is 31.8. The van der Waals surface area contributed by atoms with Crippen LogP contribution in [0, 0.1) is 0 Å². The number of hydrogen-bond donors (Lipinski definition) is 6. The molecular weight excluding hydrogens is 909 g/mol. The van der Waals surface area contributed by atoms with Crippen molar-refractivity contribution in [2.45, 2.75) is 61.3 Å². The van der Waals surface area contributed by atoms with Gasteiger partial charge in [0.1, 0.15) is 5.92 Å². The van der Waals surface area contributed by atoms with E-state index in [0.29, 0.717) is 36.4 Å². The van der Waals surface area contributed by atoms with Gasteiger partial charge in [0.15, 0.2) is 5.78 Å². The van der Waals surface area contributed by atoms with E-state index in [1.807, 2.05) is 0 Å². The Morgan fingerprint density at radius 3 is 1.27 bits per heavy atom. The molecule has 0 aliphatic carbocycles. The van der Waals surface area contributed by atoms with Gasteiger partial charge >= 0.3 is 42.8 Å².